The van der Waals surface area contributed by atoms with Gasteiger partial charge in [-0.2, -0.15) is 0 Å². The zero-order chi connectivity index (χ0) is 19.8. The van der Waals surface area contributed by atoms with E-state index in [0.717, 1.165) is 17.7 Å². The number of likely N-dealkylation sites (tertiary alicyclic amines) is 1. The number of hydrogen-bond donors (Lipinski definition) is 1. The van der Waals surface area contributed by atoms with Gasteiger partial charge in [0.15, 0.2) is 29.0 Å². The summed E-state index contributed by atoms with van der Waals surface area (Å²) in [6, 6.07) is 6.96. The molecule has 0 radical (unpaired) electrons. The number of benzene rings is 2. The van der Waals surface area contributed by atoms with Crippen LogP contribution in [0.5, 0.6) is 11.5 Å². The maximum atomic E-state index is 13.7. The van der Waals surface area contributed by atoms with Gasteiger partial charge in [-0.15, -0.1) is 0 Å². The summed E-state index contributed by atoms with van der Waals surface area (Å²) in [5, 5.41) is 2.22. The van der Waals surface area contributed by atoms with Crippen LogP contribution in [0.2, 0.25) is 0 Å². The molecule has 2 heterocycles. The summed E-state index contributed by atoms with van der Waals surface area (Å²) in [5.41, 5.74) is 0.343. The summed E-state index contributed by atoms with van der Waals surface area (Å²) in [4.78, 5) is 26.1. The molecule has 2 aliphatic heterocycles. The maximum absolute atomic E-state index is 13.7. The van der Waals surface area contributed by atoms with E-state index in [1.54, 1.807) is 18.2 Å². The Hall–Kier alpha value is -3.23. The van der Waals surface area contributed by atoms with Crippen LogP contribution in [-0.4, -0.2) is 30.1 Å². The summed E-state index contributed by atoms with van der Waals surface area (Å²) in [6.07, 6.45) is -0.0539. The molecule has 0 aromatic heterocycles. The summed E-state index contributed by atoms with van der Waals surface area (Å²) in [5.74, 6) is -4.86. The number of nitrogens with zero attached hydrogens (tertiary/aromatic N) is 1. The minimum atomic E-state index is -1.66. The van der Waals surface area contributed by atoms with Crippen LogP contribution in [-0.2, 0) is 16.1 Å². The standard InChI is InChI=1S/C19H15F3N2O4/c20-12-2-3-13(18(22)17(12)21)23-19(26)11-6-16(25)24(8-11)7-10-1-4-14-15(5-10)28-9-27-14/h1-5,11H,6-9H2,(H,23,26). The quantitative estimate of drug-likeness (QED) is 0.813. The lowest BCUT2D eigenvalue weighted by molar-refractivity contribution is -0.128. The van der Waals surface area contributed by atoms with E-state index in [-0.39, 0.29) is 32.2 Å². The van der Waals surface area contributed by atoms with Gasteiger partial charge in [0.05, 0.1) is 11.6 Å². The Morgan fingerprint density at radius 3 is 2.71 bits per heavy atom. The molecule has 2 amide bonds. The zero-order valence-corrected chi connectivity index (χ0v) is 14.5. The maximum Gasteiger partial charge on any atom is 0.231 e. The van der Waals surface area contributed by atoms with Crippen molar-refractivity contribution in [2.24, 2.45) is 5.92 Å². The molecule has 1 unspecified atom stereocenters. The molecule has 0 bridgehead atoms. The van der Waals surface area contributed by atoms with E-state index in [0.29, 0.717) is 11.5 Å². The molecule has 4 rings (SSSR count). The fraction of sp³-hybridized carbons (Fsp3) is 0.263. The average molecular weight is 392 g/mol. The molecule has 1 N–H and O–H groups in total. The van der Waals surface area contributed by atoms with E-state index in [1.807, 2.05) is 0 Å². The average Bonchev–Trinajstić information content (AvgIpc) is 3.28. The van der Waals surface area contributed by atoms with Crippen LogP contribution in [0.3, 0.4) is 0 Å². The number of nitrogens with one attached hydrogen (secondary N) is 1. The van der Waals surface area contributed by atoms with Gasteiger partial charge in [-0.25, -0.2) is 13.2 Å². The number of amides is 2. The van der Waals surface area contributed by atoms with Crippen LogP contribution >= 0.6 is 0 Å². The topological polar surface area (TPSA) is 67.9 Å². The summed E-state index contributed by atoms with van der Waals surface area (Å²) >= 11 is 0. The van der Waals surface area contributed by atoms with Gasteiger partial charge in [-0.3, -0.25) is 9.59 Å². The fourth-order valence-electron chi connectivity index (χ4n) is 3.22. The second-order valence-corrected chi connectivity index (χ2v) is 6.58. The number of rotatable bonds is 4. The van der Waals surface area contributed by atoms with Crippen molar-refractivity contribution >= 4 is 17.5 Å². The summed E-state index contributed by atoms with van der Waals surface area (Å²) < 4.78 is 50.6. The van der Waals surface area contributed by atoms with E-state index < -0.39 is 35.0 Å². The number of carbonyl (C=O) groups is 2. The molecule has 1 atom stereocenters. The van der Waals surface area contributed by atoms with Crippen molar-refractivity contribution in [1.29, 1.82) is 0 Å². The minimum absolute atomic E-state index is 0.0539. The van der Waals surface area contributed by atoms with Gasteiger partial charge in [0, 0.05) is 19.5 Å². The highest BCUT2D eigenvalue weighted by Crippen LogP contribution is 2.33. The normalized spacial score (nSPS) is 17.9. The Balaban J connectivity index is 1.41. The second-order valence-electron chi connectivity index (χ2n) is 6.58. The lowest BCUT2D eigenvalue weighted by Gasteiger charge is -2.17. The Morgan fingerprint density at radius 2 is 1.89 bits per heavy atom. The number of halogens is 3. The Bertz CT molecular complexity index is 966. The molecule has 2 aromatic carbocycles. The molecule has 2 aliphatic rings. The van der Waals surface area contributed by atoms with Crippen LogP contribution in [0.15, 0.2) is 30.3 Å². The van der Waals surface area contributed by atoms with Gasteiger partial charge < -0.3 is 19.7 Å². The number of carbonyl (C=O) groups excluding carboxylic acids is 2. The van der Waals surface area contributed by atoms with Crippen molar-refractivity contribution in [2.45, 2.75) is 13.0 Å². The smallest absolute Gasteiger partial charge is 0.231 e. The zero-order valence-electron chi connectivity index (χ0n) is 14.5. The molecule has 0 saturated carbocycles. The number of fused-ring (bicyclic) bond motifs is 1. The first kappa shape index (κ1) is 18.1. The third kappa shape index (κ3) is 3.35. The molecule has 0 aliphatic carbocycles. The van der Waals surface area contributed by atoms with E-state index in [2.05, 4.69) is 5.32 Å². The molecule has 9 heteroatoms. The van der Waals surface area contributed by atoms with Crippen molar-refractivity contribution in [1.82, 2.24) is 4.90 Å². The highest BCUT2D eigenvalue weighted by molar-refractivity contribution is 5.97. The highest BCUT2D eigenvalue weighted by Gasteiger charge is 2.35. The van der Waals surface area contributed by atoms with Gasteiger partial charge in [0.1, 0.15) is 0 Å². The third-order valence-corrected chi connectivity index (χ3v) is 4.69. The van der Waals surface area contributed by atoms with Crippen molar-refractivity contribution in [3.63, 3.8) is 0 Å². The minimum Gasteiger partial charge on any atom is -0.454 e. The van der Waals surface area contributed by atoms with Gasteiger partial charge in [0.25, 0.3) is 0 Å². The van der Waals surface area contributed by atoms with Crippen LogP contribution in [0.4, 0.5) is 18.9 Å². The number of anilines is 1. The SMILES string of the molecule is O=C(Nc1ccc(F)c(F)c1F)C1CC(=O)N(Cc2ccc3c(c2)OCO3)C1. The van der Waals surface area contributed by atoms with E-state index in [9.17, 15) is 22.8 Å². The van der Waals surface area contributed by atoms with Gasteiger partial charge in [-0.05, 0) is 29.8 Å². The molecular weight excluding hydrogens is 377 g/mol. The number of ether oxygens (including phenoxy) is 2. The van der Waals surface area contributed by atoms with Crippen LogP contribution in [0.25, 0.3) is 0 Å². The lowest BCUT2D eigenvalue weighted by atomic mass is 10.1. The third-order valence-electron chi connectivity index (χ3n) is 4.69. The molecule has 28 heavy (non-hydrogen) atoms. The predicted octanol–water partition coefficient (Wildman–Crippen LogP) is 2.82. The highest BCUT2D eigenvalue weighted by atomic mass is 19.2. The van der Waals surface area contributed by atoms with E-state index in [1.165, 1.54) is 4.90 Å². The monoisotopic (exact) mass is 392 g/mol. The van der Waals surface area contributed by atoms with E-state index in [4.69, 9.17) is 9.47 Å². The first-order chi connectivity index (χ1) is 13.4. The van der Waals surface area contributed by atoms with Crippen LogP contribution in [0.1, 0.15) is 12.0 Å². The second kappa shape index (κ2) is 7.06. The Morgan fingerprint density at radius 1 is 1.11 bits per heavy atom. The molecule has 6 nitrogen and oxygen atoms in total. The van der Waals surface area contributed by atoms with Gasteiger partial charge in [0.2, 0.25) is 18.6 Å². The lowest BCUT2D eigenvalue weighted by Crippen LogP contribution is -2.28. The van der Waals surface area contributed by atoms with E-state index >= 15 is 0 Å². The molecule has 2 aromatic rings. The van der Waals surface area contributed by atoms with Gasteiger partial charge >= 0.3 is 0 Å². The first-order valence-corrected chi connectivity index (χ1v) is 8.53. The van der Waals surface area contributed by atoms with Crippen molar-refractivity contribution in [3.05, 3.63) is 53.3 Å². The largest absolute Gasteiger partial charge is 0.454 e. The van der Waals surface area contributed by atoms with Crippen LogP contribution in [0, 0.1) is 23.4 Å². The molecule has 1 saturated heterocycles. The summed E-state index contributed by atoms with van der Waals surface area (Å²) in [6.45, 7) is 0.549. The molecular formula is C19H15F3N2O4. The first-order valence-electron chi connectivity index (χ1n) is 8.53. The molecule has 1 fully saturated rings. The number of hydrogen-bond acceptors (Lipinski definition) is 4. The molecule has 146 valence electrons. The molecule has 0 spiro atoms. The van der Waals surface area contributed by atoms with Crippen molar-refractivity contribution < 1.29 is 32.2 Å². The Kier molecular flexibility index (Phi) is 4.58. The summed E-state index contributed by atoms with van der Waals surface area (Å²) in [7, 11) is 0. The van der Waals surface area contributed by atoms with Crippen molar-refractivity contribution in [2.75, 3.05) is 18.7 Å². The fourth-order valence-corrected chi connectivity index (χ4v) is 3.22. The van der Waals surface area contributed by atoms with Gasteiger partial charge in [-0.1, -0.05) is 6.07 Å². The van der Waals surface area contributed by atoms with Crippen molar-refractivity contribution in [3.8, 4) is 11.5 Å². The Labute approximate surface area is 157 Å². The predicted molar refractivity (Wildman–Crippen MR) is 91.0 cm³/mol. The van der Waals surface area contributed by atoms with Crippen LogP contribution < -0.4 is 14.8 Å².